The summed E-state index contributed by atoms with van der Waals surface area (Å²) in [6, 6.07) is 0. The van der Waals surface area contributed by atoms with Crippen LogP contribution in [0.5, 0.6) is 0 Å². The molecule has 0 bridgehead atoms. The Morgan fingerprint density at radius 1 is 1.31 bits per heavy atom. The Balaban J connectivity index is 3.19. The van der Waals surface area contributed by atoms with Crippen LogP contribution in [0.3, 0.4) is 0 Å². The molecule has 0 spiro atoms. The number of aliphatic hydroxyl groups excluding tert-OH is 1. The molecule has 0 saturated heterocycles. The first kappa shape index (κ1) is 13.1. The van der Waals surface area contributed by atoms with E-state index in [1.807, 2.05) is 13.8 Å². The van der Waals surface area contributed by atoms with Crippen molar-refractivity contribution in [3.05, 3.63) is 17.0 Å². The van der Waals surface area contributed by atoms with E-state index in [2.05, 4.69) is 5.10 Å². The van der Waals surface area contributed by atoms with Crippen molar-refractivity contribution >= 4 is 0 Å². The summed E-state index contributed by atoms with van der Waals surface area (Å²) in [6.07, 6.45) is -1.84. The number of alkyl halides is 2. The van der Waals surface area contributed by atoms with Gasteiger partial charge in [0.25, 0.3) is 6.43 Å². The topological polar surface area (TPSA) is 38.0 Å². The van der Waals surface area contributed by atoms with Crippen molar-refractivity contribution in [3.8, 4) is 0 Å². The molecule has 1 atom stereocenters. The molecule has 0 aromatic carbocycles. The Bertz CT molecular complexity index is 348. The van der Waals surface area contributed by atoms with Gasteiger partial charge in [0, 0.05) is 11.3 Å². The first-order valence-electron chi connectivity index (χ1n) is 5.55. The van der Waals surface area contributed by atoms with Crippen LogP contribution in [0.25, 0.3) is 0 Å². The molecule has 5 heteroatoms. The van der Waals surface area contributed by atoms with E-state index >= 15 is 0 Å². The van der Waals surface area contributed by atoms with Gasteiger partial charge in [-0.15, -0.1) is 0 Å². The van der Waals surface area contributed by atoms with Crippen molar-refractivity contribution in [3.63, 3.8) is 0 Å². The molecule has 3 nitrogen and oxygen atoms in total. The Kier molecular flexibility index (Phi) is 4.41. The minimum absolute atomic E-state index is 0.400. The molecule has 92 valence electrons. The maximum atomic E-state index is 12.4. The van der Waals surface area contributed by atoms with E-state index in [0.29, 0.717) is 29.8 Å². The first-order chi connectivity index (χ1) is 7.51. The van der Waals surface area contributed by atoms with E-state index < -0.39 is 19.1 Å². The third-order valence-electron chi connectivity index (χ3n) is 2.57. The highest BCUT2D eigenvalue weighted by Gasteiger charge is 2.20. The Labute approximate surface area is 94.1 Å². The fourth-order valence-corrected chi connectivity index (χ4v) is 1.96. The van der Waals surface area contributed by atoms with Crippen LogP contribution < -0.4 is 0 Å². The SMILES string of the molecule is CCc1nn(CC(F)F)c(CC)c1C(C)O. The third-order valence-corrected chi connectivity index (χ3v) is 2.57. The highest BCUT2D eigenvalue weighted by Crippen LogP contribution is 2.23. The van der Waals surface area contributed by atoms with Crippen molar-refractivity contribution < 1.29 is 13.9 Å². The smallest absolute Gasteiger partial charge is 0.257 e. The van der Waals surface area contributed by atoms with Crippen molar-refractivity contribution in [2.75, 3.05) is 0 Å². The van der Waals surface area contributed by atoms with E-state index in [-0.39, 0.29) is 0 Å². The lowest BCUT2D eigenvalue weighted by atomic mass is 10.0. The molecule has 16 heavy (non-hydrogen) atoms. The summed E-state index contributed by atoms with van der Waals surface area (Å²) < 4.78 is 26.0. The van der Waals surface area contributed by atoms with Gasteiger partial charge in [0.1, 0.15) is 6.54 Å². The number of aliphatic hydroxyl groups is 1. The number of rotatable bonds is 5. The molecule has 1 rings (SSSR count). The number of aryl methyl sites for hydroxylation is 1. The van der Waals surface area contributed by atoms with Gasteiger partial charge < -0.3 is 5.11 Å². The lowest BCUT2D eigenvalue weighted by Gasteiger charge is -2.09. The zero-order chi connectivity index (χ0) is 12.3. The highest BCUT2D eigenvalue weighted by molar-refractivity contribution is 5.28. The molecule has 1 unspecified atom stereocenters. The van der Waals surface area contributed by atoms with Crippen LogP contribution in [0, 0.1) is 0 Å². The minimum atomic E-state index is -2.42. The van der Waals surface area contributed by atoms with Crippen LogP contribution in [0.1, 0.15) is 43.8 Å². The quantitative estimate of drug-likeness (QED) is 0.846. The summed E-state index contributed by atoms with van der Waals surface area (Å²) in [4.78, 5) is 0. The highest BCUT2D eigenvalue weighted by atomic mass is 19.3. The molecule has 0 fully saturated rings. The summed E-state index contributed by atoms with van der Waals surface area (Å²) in [5.41, 5.74) is 2.14. The zero-order valence-corrected chi connectivity index (χ0v) is 9.87. The normalized spacial score (nSPS) is 13.4. The van der Waals surface area contributed by atoms with Crippen molar-refractivity contribution in [2.24, 2.45) is 0 Å². The predicted molar refractivity (Wildman–Crippen MR) is 57.6 cm³/mol. The van der Waals surface area contributed by atoms with E-state index in [0.717, 1.165) is 0 Å². The Hall–Kier alpha value is -0.970. The van der Waals surface area contributed by atoms with Gasteiger partial charge in [-0.1, -0.05) is 13.8 Å². The molecule has 0 saturated carbocycles. The third kappa shape index (κ3) is 2.58. The largest absolute Gasteiger partial charge is 0.389 e. The van der Waals surface area contributed by atoms with E-state index in [1.54, 1.807) is 6.92 Å². The minimum Gasteiger partial charge on any atom is -0.389 e. The second-order valence-electron chi connectivity index (χ2n) is 3.76. The van der Waals surface area contributed by atoms with Crippen molar-refractivity contribution in [2.45, 2.75) is 52.7 Å². The van der Waals surface area contributed by atoms with Gasteiger partial charge in [-0.2, -0.15) is 5.10 Å². The van der Waals surface area contributed by atoms with Gasteiger partial charge >= 0.3 is 0 Å². The second kappa shape index (κ2) is 5.39. The van der Waals surface area contributed by atoms with Gasteiger partial charge in [0.05, 0.1) is 11.8 Å². The maximum Gasteiger partial charge on any atom is 0.257 e. The van der Waals surface area contributed by atoms with Crippen LogP contribution in [0.2, 0.25) is 0 Å². The van der Waals surface area contributed by atoms with E-state index in [1.165, 1.54) is 4.68 Å². The number of aromatic nitrogens is 2. The van der Waals surface area contributed by atoms with Gasteiger partial charge in [-0.25, -0.2) is 8.78 Å². The molecule has 0 radical (unpaired) electrons. The number of hydrogen-bond donors (Lipinski definition) is 1. The van der Waals surface area contributed by atoms with Crippen molar-refractivity contribution in [1.29, 1.82) is 0 Å². The first-order valence-corrected chi connectivity index (χ1v) is 5.55. The van der Waals surface area contributed by atoms with Crippen LogP contribution in [0.15, 0.2) is 0 Å². The number of halogens is 2. The van der Waals surface area contributed by atoms with E-state index in [4.69, 9.17) is 0 Å². The van der Waals surface area contributed by atoms with Crippen LogP contribution >= 0.6 is 0 Å². The summed E-state index contributed by atoms with van der Waals surface area (Å²) in [5.74, 6) is 0. The van der Waals surface area contributed by atoms with Gasteiger partial charge in [-0.3, -0.25) is 4.68 Å². The standard InChI is InChI=1S/C11H18F2N2O/c1-4-8-11(7(3)16)9(5-2)15(14-8)6-10(12)13/h7,10,16H,4-6H2,1-3H3. The fraction of sp³-hybridized carbons (Fsp3) is 0.727. The maximum absolute atomic E-state index is 12.4. The summed E-state index contributed by atoms with van der Waals surface area (Å²) in [6.45, 7) is 5.02. The average molecular weight is 232 g/mol. The average Bonchev–Trinajstić information content (AvgIpc) is 2.54. The zero-order valence-electron chi connectivity index (χ0n) is 9.87. The summed E-state index contributed by atoms with van der Waals surface area (Å²) >= 11 is 0. The van der Waals surface area contributed by atoms with Crippen LogP contribution in [-0.2, 0) is 19.4 Å². The molecule has 1 heterocycles. The molecule has 0 amide bonds. The van der Waals surface area contributed by atoms with Gasteiger partial charge in [-0.05, 0) is 19.8 Å². The molecule has 1 N–H and O–H groups in total. The molecular weight excluding hydrogens is 214 g/mol. The molecule has 0 aliphatic carbocycles. The van der Waals surface area contributed by atoms with Crippen LogP contribution in [-0.4, -0.2) is 21.3 Å². The Morgan fingerprint density at radius 3 is 2.31 bits per heavy atom. The van der Waals surface area contributed by atoms with E-state index in [9.17, 15) is 13.9 Å². The molecule has 1 aromatic heterocycles. The van der Waals surface area contributed by atoms with Gasteiger partial charge in [0.15, 0.2) is 0 Å². The summed E-state index contributed by atoms with van der Waals surface area (Å²) in [5, 5.41) is 13.8. The number of nitrogens with zero attached hydrogens (tertiary/aromatic N) is 2. The molecular formula is C11H18F2N2O. The van der Waals surface area contributed by atoms with Gasteiger partial charge in [0.2, 0.25) is 0 Å². The fourth-order valence-electron chi connectivity index (χ4n) is 1.96. The van der Waals surface area contributed by atoms with Crippen LogP contribution in [0.4, 0.5) is 8.78 Å². The lowest BCUT2D eigenvalue weighted by Crippen LogP contribution is -2.12. The number of hydrogen-bond acceptors (Lipinski definition) is 2. The lowest BCUT2D eigenvalue weighted by molar-refractivity contribution is 0.120. The monoisotopic (exact) mass is 232 g/mol. The Morgan fingerprint density at radius 2 is 1.94 bits per heavy atom. The second-order valence-corrected chi connectivity index (χ2v) is 3.76. The van der Waals surface area contributed by atoms with Crippen molar-refractivity contribution in [1.82, 2.24) is 9.78 Å². The summed E-state index contributed by atoms with van der Waals surface area (Å²) in [7, 11) is 0. The molecule has 1 aromatic rings. The molecule has 0 aliphatic rings. The predicted octanol–water partition coefficient (Wildman–Crippen LogP) is 2.33. The molecule has 0 aliphatic heterocycles.